The monoisotopic (exact) mass is 323 g/mol. The number of nitrogens with one attached hydrogen (secondary N) is 2. The molecule has 21 heavy (non-hydrogen) atoms. The number of amides is 1. The number of aryl methyl sites for hydroxylation is 1. The number of anilines is 1. The molecule has 1 amide bonds. The number of para-hydroxylation sites is 1. The molecule has 0 spiro atoms. The molecule has 0 saturated heterocycles. The molecule has 0 atom stereocenters. The Balaban J connectivity index is 1.87. The Hall–Kier alpha value is -1.62. The first-order chi connectivity index (χ1) is 10.1. The van der Waals surface area contributed by atoms with Gasteiger partial charge in [-0.15, -0.1) is 0 Å². The molecule has 0 aliphatic rings. The third-order valence-electron chi connectivity index (χ3n) is 2.96. The fourth-order valence-corrected chi connectivity index (χ4v) is 2.30. The van der Waals surface area contributed by atoms with Gasteiger partial charge >= 0.3 is 0 Å². The molecule has 110 valence electrons. The lowest BCUT2D eigenvalue weighted by atomic mass is 10.1. The highest BCUT2D eigenvalue weighted by Crippen LogP contribution is 2.29. The molecule has 1 aromatic heterocycles. The maximum Gasteiger partial charge on any atom is 0.238 e. The third-order valence-corrected chi connectivity index (χ3v) is 3.59. The minimum Gasteiger partial charge on any atom is -0.322 e. The first-order valence-electron chi connectivity index (χ1n) is 6.42. The molecule has 0 saturated carbocycles. The number of carbonyl (C=O) groups is 1. The molecular weight excluding hydrogens is 309 g/mol. The smallest absolute Gasteiger partial charge is 0.238 e. The Bertz CT molecular complexity index is 626. The van der Waals surface area contributed by atoms with Crippen molar-refractivity contribution in [3.8, 4) is 0 Å². The van der Waals surface area contributed by atoms with Crippen LogP contribution in [-0.4, -0.2) is 17.4 Å². The molecule has 2 aromatic rings. The van der Waals surface area contributed by atoms with Crippen LogP contribution in [0.3, 0.4) is 0 Å². The molecule has 0 fully saturated rings. The van der Waals surface area contributed by atoms with Gasteiger partial charge in [0.2, 0.25) is 5.91 Å². The summed E-state index contributed by atoms with van der Waals surface area (Å²) in [5.74, 6) is -0.197. The summed E-state index contributed by atoms with van der Waals surface area (Å²) in [7, 11) is 0. The van der Waals surface area contributed by atoms with E-state index in [9.17, 15) is 4.79 Å². The second kappa shape index (κ2) is 7.41. The highest BCUT2D eigenvalue weighted by molar-refractivity contribution is 6.39. The second-order valence-electron chi connectivity index (χ2n) is 4.55. The highest BCUT2D eigenvalue weighted by Gasteiger charge is 2.09. The summed E-state index contributed by atoms with van der Waals surface area (Å²) in [6.45, 7) is 2.74. The van der Waals surface area contributed by atoms with Crippen molar-refractivity contribution < 1.29 is 4.79 Å². The fourth-order valence-electron chi connectivity index (χ4n) is 1.81. The standard InChI is InChI=1S/C15H15Cl2N3O/c1-10-7-18-6-5-11(10)8-19-9-14(21)20-15-12(16)3-2-4-13(15)17/h2-7,19H,8-9H2,1H3,(H,20,21). The summed E-state index contributed by atoms with van der Waals surface area (Å²) in [6.07, 6.45) is 3.52. The van der Waals surface area contributed by atoms with Crippen LogP contribution in [0.5, 0.6) is 0 Å². The normalized spacial score (nSPS) is 10.4. The quantitative estimate of drug-likeness (QED) is 0.886. The molecule has 0 radical (unpaired) electrons. The predicted octanol–water partition coefficient (Wildman–Crippen LogP) is 3.43. The number of aromatic nitrogens is 1. The number of pyridine rings is 1. The topological polar surface area (TPSA) is 54.0 Å². The molecule has 1 aromatic carbocycles. The first kappa shape index (κ1) is 15.8. The molecule has 0 unspecified atom stereocenters. The van der Waals surface area contributed by atoms with E-state index in [1.807, 2.05) is 13.0 Å². The molecule has 0 aliphatic heterocycles. The number of benzene rings is 1. The van der Waals surface area contributed by atoms with Crippen molar-refractivity contribution in [2.24, 2.45) is 0 Å². The summed E-state index contributed by atoms with van der Waals surface area (Å²) >= 11 is 12.0. The van der Waals surface area contributed by atoms with Crippen LogP contribution < -0.4 is 10.6 Å². The number of nitrogens with zero attached hydrogens (tertiary/aromatic N) is 1. The molecule has 0 aliphatic carbocycles. The predicted molar refractivity (Wildman–Crippen MR) is 85.8 cm³/mol. The Labute approximate surface area is 133 Å². The number of rotatable bonds is 5. The number of hydrogen-bond acceptors (Lipinski definition) is 3. The van der Waals surface area contributed by atoms with Crippen LogP contribution in [0.15, 0.2) is 36.7 Å². The summed E-state index contributed by atoms with van der Waals surface area (Å²) in [6, 6.07) is 7.00. The highest BCUT2D eigenvalue weighted by atomic mass is 35.5. The van der Waals surface area contributed by atoms with Crippen molar-refractivity contribution in [3.63, 3.8) is 0 Å². The van der Waals surface area contributed by atoms with Crippen LogP contribution in [0, 0.1) is 6.92 Å². The van der Waals surface area contributed by atoms with Gasteiger partial charge in [-0.2, -0.15) is 0 Å². The molecule has 6 heteroatoms. The van der Waals surface area contributed by atoms with E-state index in [2.05, 4.69) is 15.6 Å². The molecular formula is C15H15Cl2N3O. The van der Waals surface area contributed by atoms with Gasteiger partial charge in [0.25, 0.3) is 0 Å². The lowest BCUT2D eigenvalue weighted by molar-refractivity contribution is -0.115. The minimum absolute atomic E-state index is 0.170. The molecule has 4 nitrogen and oxygen atoms in total. The number of hydrogen-bond donors (Lipinski definition) is 2. The maximum atomic E-state index is 11.9. The van der Waals surface area contributed by atoms with E-state index in [1.54, 1.807) is 30.6 Å². The Morgan fingerprint density at radius 2 is 1.95 bits per heavy atom. The van der Waals surface area contributed by atoms with E-state index in [1.165, 1.54) is 0 Å². The van der Waals surface area contributed by atoms with E-state index in [-0.39, 0.29) is 12.5 Å². The van der Waals surface area contributed by atoms with Crippen LogP contribution >= 0.6 is 23.2 Å². The summed E-state index contributed by atoms with van der Waals surface area (Å²) in [5, 5.41) is 6.61. The number of halogens is 2. The van der Waals surface area contributed by atoms with Crippen molar-refractivity contribution in [3.05, 3.63) is 57.8 Å². The first-order valence-corrected chi connectivity index (χ1v) is 7.17. The third kappa shape index (κ3) is 4.43. The Kier molecular flexibility index (Phi) is 5.56. The van der Waals surface area contributed by atoms with Crippen molar-refractivity contribution in [2.45, 2.75) is 13.5 Å². The van der Waals surface area contributed by atoms with Gasteiger partial charge in [-0.25, -0.2) is 0 Å². The summed E-state index contributed by atoms with van der Waals surface area (Å²) in [5.41, 5.74) is 2.63. The van der Waals surface area contributed by atoms with E-state index in [4.69, 9.17) is 23.2 Å². The van der Waals surface area contributed by atoms with Gasteiger partial charge in [0.1, 0.15) is 0 Å². The van der Waals surface area contributed by atoms with Crippen LogP contribution in [-0.2, 0) is 11.3 Å². The van der Waals surface area contributed by atoms with Gasteiger partial charge in [-0.1, -0.05) is 29.3 Å². The lowest BCUT2D eigenvalue weighted by Gasteiger charge is -2.10. The van der Waals surface area contributed by atoms with Gasteiger partial charge in [0, 0.05) is 18.9 Å². The Morgan fingerprint density at radius 3 is 2.62 bits per heavy atom. The van der Waals surface area contributed by atoms with Crippen molar-refractivity contribution in [1.82, 2.24) is 10.3 Å². The molecule has 2 N–H and O–H groups in total. The molecule has 1 heterocycles. The van der Waals surface area contributed by atoms with Gasteiger partial charge in [-0.3, -0.25) is 9.78 Å². The van der Waals surface area contributed by atoms with Crippen LogP contribution in [0.2, 0.25) is 10.0 Å². The number of carbonyl (C=O) groups excluding carboxylic acids is 1. The van der Waals surface area contributed by atoms with Crippen molar-refractivity contribution in [1.29, 1.82) is 0 Å². The molecule has 0 bridgehead atoms. The Morgan fingerprint density at radius 1 is 1.24 bits per heavy atom. The van der Waals surface area contributed by atoms with Crippen LogP contribution in [0.25, 0.3) is 0 Å². The molecule has 2 rings (SSSR count). The van der Waals surface area contributed by atoms with Crippen LogP contribution in [0.1, 0.15) is 11.1 Å². The van der Waals surface area contributed by atoms with Gasteiger partial charge in [-0.05, 0) is 36.2 Å². The van der Waals surface area contributed by atoms with Crippen LogP contribution in [0.4, 0.5) is 5.69 Å². The van der Waals surface area contributed by atoms with Gasteiger partial charge in [0.05, 0.1) is 22.3 Å². The average Bonchev–Trinajstić information content (AvgIpc) is 2.45. The zero-order valence-corrected chi connectivity index (χ0v) is 13.0. The van der Waals surface area contributed by atoms with Gasteiger partial charge < -0.3 is 10.6 Å². The summed E-state index contributed by atoms with van der Waals surface area (Å²) in [4.78, 5) is 15.9. The zero-order chi connectivity index (χ0) is 15.2. The van der Waals surface area contributed by atoms with Gasteiger partial charge in [0.15, 0.2) is 0 Å². The summed E-state index contributed by atoms with van der Waals surface area (Å²) < 4.78 is 0. The SMILES string of the molecule is Cc1cnccc1CNCC(=O)Nc1c(Cl)cccc1Cl. The lowest BCUT2D eigenvalue weighted by Crippen LogP contribution is -2.28. The van der Waals surface area contributed by atoms with E-state index in [0.717, 1.165) is 11.1 Å². The average molecular weight is 324 g/mol. The van der Waals surface area contributed by atoms with E-state index in [0.29, 0.717) is 22.3 Å². The van der Waals surface area contributed by atoms with Crippen molar-refractivity contribution in [2.75, 3.05) is 11.9 Å². The fraction of sp³-hybridized carbons (Fsp3) is 0.200. The van der Waals surface area contributed by atoms with E-state index < -0.39 is 0 Å². The van der Waals surface area contributed by atoms with Crippen molar-refractivity contribution >= 4 is 34.8 Å². The zero-order valence-electron chi connectivity index (χ0n) is 11.5. The maximum absolute atomic E-state index is 11.9. The second-order valence-corrected chi connectivity index (χ2v) is 5.36. The van der Waals surface area contributed by atoms with E-state index >= 15 is 0 Å². The minimum atomic E-state index is -0.197. The largest absolute Gasteiger partial charge is 0.322 e.